The van der Waals surface area contributed by atoms with Gasteiger partial charge in [-0.15, -0.1) is 0 Å². The molecule has 1 unspecified atom stereocenters. The van der Waals surface area contributed by atoms with Crippen molar-refractivity contribution in [1.29, 1.82) is 0 Å². The van der Waals surface area contributed by atoms with Gasteiger partial charge in [-0.1, -0.05) is 25.8 Å². The highest BCUT2D eigenvalue weighted by molar-refractivity contribution is 5.37. The molecule has 3 heteroatoms. The number of nitrogens with one attached hydrogen (secondary N) is 1. The summed E-state index contributed by atoms with van der Waals surface area (Å²) in [6.45, 7) is 3.04. The molecule has 0 amide bonds. The maximum atomic E-state index is 14.1. The average molecular weight is 265 g/mol. The summed E-state index contributed by atoms with van der Waals surface area (Å²) in [5, 5.41) is 3.46. The Morgan fingerprint density at radius 2 is 2.21 bits per heavy atom. The van der Waals surface area contributed by atoms with Crippen LogP contribution in [0.2, 0.25) is 0 Å². The highest BCUT2D eigenvalue weighted by Crippen LogP contribution is 2.38. The number of ether oxygens (including phenoxy) is 1. The van der Waals surface area contributed by atoms with Crippen LogP contribution in [0.4, 0.5) is 4.39 Å². The molecule has 19 heavy (non-hydrogen) atoms. The van der Waals surface area contributed by atoms with E-state index in [9.17, 15) is 4.39 Å². The maximum Gasteiger partial charge on any atom is 0.131 e. The monoisotopic (exact) mass is 265 g/mol. The molecule has 1 atom stereocenters. The van der Waals surface area contributed by atoms with Gasteiger partial charge >= 0.3 is 0 Å². The number of hydrogen-bond donors (Lipinski definition) is 1. The van der Waals surface area contributed by atoms with Crippen LogP contribution in [0.15, 0.2) is 18.2 Å². The van der Waals surface area contributed by atoms with Gasteiger partial charge in [0, 0.05) is 11.6 Å². The lowest BCUT2D eigenvalue weighted by Crippen LogP contribution is -2.24. The lowest BCUT2D eigenvalue weighted by atomic mass is 9.98. The second-order valence-corrected chi connectivity index (χ2v) is 5.38. The molecule has 1 aliphatic rings. The minimum Gasteiger partial charge on any atom is -0.496 e. The third kappa shape index (κ3) is 3.93. The average Bonchev–Trinajstić information content (AvgIpc) is 3.23. The molecule has 0 spiro atoms. The molecule has 0 aromatic heterocycles. The van der Waals surface area contributed by atoms with Gasteiger partial charge in [0.25, 0.3) is 0 Å². The largest absolute Gasteiger partial charge is 0.496 e. The lowest BCUT2D eigenvalue weighted by Gasteiger charge is -2.21. The van der Waals surface area contributed by atoms with Crippen molar-refractivity contribution in [1.82, 2.24) is 5.32 Å². The van der Waals surface area contributed by atoms with Gasteiger partial charge < -0.3 is 10.1 Å². The van der Waals surface area contributed by atoms with E-state index in [-0.39, 0.29) is 11.9 Å². The number of methoxy groups -OCH3 is 1. The molecule has 1 fully saturated rings. The smallest absolute Gasteiger partial charge is 0.131 e. The number of halogens is 1. The topological polar surface area (TPSA) is 21.3 Å². The summed E-state index contributed by atoms with van der Waals surface area (Å²) >= 11 is 0. The van der Waals surface area contributed by atoms with Gasteiger partial charge in [-0.25, -0.2) is 4.39 Å². The van der Waals surface area contributed by atoms with E-state index >= 15 is 0 Å². The van der Waals surface area contributed by atoms with Crippen LogP contribution in [0.1, 0.15) is 50.6 Å². The van der Waals surface area contributed by atoms with Gasteiger partial charge in [0.15, 0.2) is 0 Å². The Bertz CT molecular complexity index is 404. The van der Waals surface area contributed by atoms with E-state index in [1.54, 1.807) is 13.2 Å². The minimum atomic E-state index is -0.163. The fourth-order valence-corrected chi connectivity index (χ4v) is 2.51. The van der Waals surface area contributed by atoms with Crippen LogP contribution in [-0.2, 0) is 0 Å². The summed E-state index contributed by atoms with van der Waals surface area (Å²) in [4.78, 5) is 0. The Labute approximate surface area is 115 Å². The first-order valence-corrected chi connectivity index (χ1v) is 7.32. The van der Waals surface area contributed by atoms with Gasteiger partial charge in [-0.2, -0.15) is 0 Å². The fraction of sp³-hybridized carbons (Fsp3) is 0.625. The molecule has 2 rings (SSSR count). The van der Waals surface area contributed by atoms with Gasteiger partial charge in [0.05, 0.1) is 7.11 Å². The first kappa shape index (κ1) is 14.3. The SMILES string of the molecule is CCCNC(CCC1CC1)c1c(F)cccc1OC. The van der Waals surface area contributed by atoms with Crippen molar-refractivity contribution >= 4 is 0 Å². The van der Waals surface area contributed by atoms with Crippen LogP contribution in [-0.4, -0.2) is 13.7 Å². The Hall–Kier alpha value is -1.09. The fourth-order valence-electron chi connectivity index (χ4n) is 2.51. The standard InChI is InChI=1S/C16H24FNO/c1-3-11-18-14(10-9-12-7-8-12)16-13(17)5-4-6-15(16)19-2/h4-6,12,14,18H,3,7-11H2,1-2H3. The van der Waals surface area contributed by atoms with E-state index in [0.717, 1.165) is 25.3 Å². The van der Waals surface area contributed by atoms with Crippen LogP contribution < -0.4 is 10.1 Å². The molecule has 1 saturated carbocycles. The summed E-state index contributed by atoms with van der Waals surface area (Å²) in [5.74, 6) is 1.36. The predicted molar refractivity (Wildman–Crippen MR) is 75.9 cm³/mol. The zero-order chi connectivity index (χ0) is 13.7. The second-order valence-electron chi connectivity index (χ2n) is 5.38. The molecule has 0 saturated heterocycles. The lowest BCUT2D eigenvalue weighted by molar-refractivity contribution is 0.380. The summed E-state index contributed by atoms with van der Waals surface area (Å²) in [5.41, 5.74) is 0.694. The van der Waals surface area contributed by atoms with Crippen LogP contribution >= 0.6 is 0 Å². The Morgan fingerprint density at radius 3 is 2.84 bits per heavy atom. The second kappa shape index (κ2) is 6.90. The summed E-state index contributed by atoms with van der Waals surface area (Å²) in [7, 11) is 1.61. The Morgan fingerprint density at radius 1 is 1.42 bits per heavy atom. The Kier molecular flexibility index (Phi) is 5.20. The van der Waals surface area contributed by atoms with Crippen molar-refractivity contribution in [2.24, 2.45) is 5.92 Å². The molecule has 1 N–H and O–H groups in total. The summed E-state index contributed by atoms with van der Waals surface area (Å²) < 4.78 is 19.5. The zero-order valence-electron chi connectivity index (χ0n) is 11.9. The molecular weight excluding hydrogens is 241 g/mol. The van der Waals surface area contributed by atoms with E-state index in [1.165, 1.54) is 25.3 Å². The van der Waals surface area contributed by atoms with Crippen molar-refractivity contribution in [3.8, 4) is 5.75 Å². The van der Waals surface area contributed by atoms with Crippen molar-refractivity contribution in [2.45, 2.75) is 45.1 Å². The molecule has 2 nitrogen and oxygen atoms in total. The minimum absolute atomic E-state index is 0.0664. The highest BCUT2D eigenvalue weighted by atomic mass is 19.1. The van der Waals surface area contributed by atoms with Gasteiger partial charge in [0.1, 0.15) is 11.6 Å². The normalized spacial score (nSPS) is 16.4. The van der Waals surface area contributed by atoms with Crippen LogP contribution in [0, 0.1) is 11.7 Å². The number of rotatable bonds is 8. The van der Waals surface area contributed by atoms with Crippen molar-refractivity contribution in [3.63, 3.8) is 0 Å². The van der Waals surface area contributed by atoms with Crippen LogP contribution in [0.5, 0.6) is 5.75 Å². The molecule has 0 aliphatic heterocycles. The van der Waals surface area contributed by atoms with E-state index in [4.69, 9.17) is 4.74 Å². The Balaban J connectivity index is 2.14. The molecular formula is C16H24FNO. The van der Waals surface area contributed by atoms with E-state index in [2.05, 4.69) is 12.2 Å². The van der Waals surface area contributed by atoms with Gasteiger partial charge in [-0.05, 0) is 43.9 Å². The molecule has 1 aromatic rings. The zero-order valence-corrected chi connectivity index (χ0v) is 11.9. The molecule has 1 aliphatic carbocycles. The first-order valence-electron chi connectivity index (χ1n) is 7.32. The third-order valence-electron chi connectivity index (χ3n) is 3.78. The quantitative estimate of drug-likeness (QED) is 0.765. The van der Waals surface area contributed by atoms with Crippen molar-refractivity contribution < 1.29 is 9.13 Å². The summed E-state index contributed by atoms with van der Waals surface area (Å²) in [6.07, 6.45) is 5.90. The third-order valence-corrected chi connectivity index (χ3v) is 3.78. The predicted octanol–water partition coefficient (Wildman–Crippen LogP) is 4.07. The number of hydrogen-bond acceptors (Lipinski definition) is 2. The molecule has 0 heterocycles. The van der Waals surface area contributed by atoms with E-state index in [1.807, 2.05) is 6.07 Å². The van der Waals surface area contributed by atoms with E-state index < -0.39 is 0 Å². The van der Waals surface area contributed by atoms with Crippen LogP contribution in [0.25, 0.3) is 0 Å². The maximum absolute atomic E-state index is 14.1. The molecule has 1 aromatic carbocycles. The summed E-state index contributed by atoms with van der Waals surface area (Å²) in [6, 6.07) is 5.14. The highest BCUT2D eigenvalue weighted by Gasteiger charge is 2.25. The number of benzene rings is 1. The molecule has 0 radical (unpaired) electrons. The van der Waals surface area contributed by atoms with Crippen molar-refractivity contribution in [3.05, 3.63) is 29.6 Å². The van der Waals surface area contributed by atoms with Crippen molar-refractivity contribution in [2.75, 3.05) is 13.7 Å². The molecule has 106 valence electrons. The van der Waals surface area contributed by atoms with Gasteiger partial charge in [-0.3, -0.25) is 0 Å². The van der Waals surface area contributed by atoms with E-state index in [0.29, 0.717) is 11.3 Å². The van der Waals surface area contributed by atoms with Gasteiger partial charge in [0.2, 0.25) is 0 Å². The van der Waals surface area contributed by atoms with Crippen LogP contribution in [0.3, 0.4) is 0 Å². The molecule has 0 bridgehead atoms. The first-order chi connectivity index (χ1) is 9.26.